The van der Waals surface area contributed by atoms with Crippen LogP contribution in [0.25, 0.3) is 10.9 Å². The van der Waals surface area contributed by atoms with Crippen LogP contribution in [0.3, 0.4) is 0 Å². The number of aromatic nitrogens is 2. The Morgan fingerprint density at radius 1 is 1.11 bits per heavy atom. The quantitative estimate of drug-likeness (QED) is 0.664. The monoisotopic (exact) mass is 367 g/mol. The Hall–Kier alpha value is -3.68. The average molecular weight is 367 g/mol. The Kier molecular flexibility index (Phi) is 5.46. The molecule has 138 valence electrons. The number of rotatable bonds is 6. The summed E-state index contributed by atoms with van der Waals surface area (Å²) in [5.41, 5.74) is 0.662. The largest absolute Gasteiger partial charge is 0.495 e. The van der Waals surface area contributed by atoms with Gasteiger partial charge in [0.15, 0.2) is 6.61 Å². The van der Waals surface area contributed by atoms with Crippen LogP contribution in [0.15, 0.2) is 59.7 Å². The molecule has 0 saturated heterocycles. The number of para-hydroxylation sites is 3. The van der Waals surface area contributed by atoms with Crippen LogP contribution in [0.1, 0.15) is 0 Å². The van der Waals surface area contributed by atoms with E-state index in [2.05, 4.69) is 10.3 Å². The summed E-state index contributed by atoms with van der Waals surface area (Å²) in [6.07, 6.45) is 1.28. The minimum Gasteiger partial charge on any atom is -0.495 e. The molecule has 0 aliphatic heterocycles. The lowest BCUT2D eigenvalue weighted by molar-refractivity contribution is -0.147. The SMILES string of the molecule is COc1ccccc1NC(=O)COC(=O)Cn1cnc2ccccc2c1=O. The lowest BCUT2D eigenvalue weighted by Gasteiger charge is -2.10. The predicted molar refractivity (Wildman–Crippen MR) is 98.6 cm³/mol. The Morgan fingerprint density at radius 3 is 2.67 bits per heavy atom. The Morgan fingerprint density at radius 2 is 1.85 bits per heavy atom. The molecule has 0 spiro atoms. The average Bonchev–Trinajstić information content (AvgIpc) is 2.69. The first kappa shape index (κ1) is 18.1. The van der Waals surface area contributed by atoms with Crippen LogP contribution in [0, 0.1) is 0 Å². The van der Waals surface area contributed by atoms with Crippen LogP contribution >= 0.6 is 0 Å². The fourth-order valence-electron chi connectivity index (χ4n) is 2.48. The third-order valence-corrected chi connectivity index (χ3v) is 3.78. The van der Waals surface area contributed by atoms with Crippen LogP contribution in [-0.2, 0) is 20.9 Å². The Bertz CT molecular complexity index is 1040. The van der Waals surface area contributed by atoms with Crippen molar-refractivity contribution in [1.82, 2.24) is 9.55 Å². The van der Waals surface area contributed by atoms with E-state index in [1.165, 1.54) is 13.4 Å². The van der Waals surface area contributed by atoms with Crippen molar-refractivity contribution in [3.8, 4) is 5.75 Å². The molecule has 1 aromatic heterocycles. The second-order valence-corrected chi connectivity index (χ2v) is 5.60. The molecule has 2 aromatic carbocycles. The molecule has 0 aliphatic rings. The Labute approximate surface area is 154 Å². The van der Waals surface area contributed by atoms with Gasteiger partial charge in [-0.2, -0.15) is 0 Å². The van der Waals surface area contributed by atoms with Gasteiger partial charge >= 0.3 is 5.97 Å². The summed E-state index contributed by atoms with van der Waals surface area (Å²) >= 11 is 0. The molecule has 3 aromatic rings. The topological polar surface area (TPSA) is 99.5 Å². The van der Waals surface area contributed by atoms with Crippen LogP contribution < -0.4 is 15.6 Å². The van der Waals surface area contributed by atoms with Crippen LogP contribution in [0.2, 0.25) is 0 Å². The van der Waals surface area contributed by atoms with Crippen molar-refractivity contribution >= 4 is 28.5 Å². The van der Waals surface area contributed by atoms with Crippen molar-refractivity contribution in [2.75, 3.05) is 19.0 Å². The van der Waals surface area contributed by atoms with E-state index >= 15 is 0 Å². The van der Waals surface area contributed by atoms with E-state index in [1.54, 1.807) is 48.5 Å². The number of fused-ring (bicyclic) bond motifs is 1. The van der Waals surface area contributed by atoms with Gasteiger partial charge in [0.25, 0.3) is 11.5 Å². The first-order valence-corrected chi connectivity index (χ1v) is 8.11. The molecule has 1 amide bonds. The molecule has 1 heterocycles. The third kappa shape index (κ3) is 4.30. The summed E-state index contributed by atoms with van der Waals surface area (Å²) in [7, 11) is 1.49. The number of hydrogen-bond acceptors (Lipinski definition) is 6. The number of carbonyl (C=O) groups is 2. The number of hydrogen-bond donors (Lipinski definition) is 1. The van der Waals surface area contributed by atoms with Gasteiger partial charge in [0.05, 0.1) is 30.0 Å². The molecule has 0 unspecified atom stereocenters. The van der Waals surface area contributed by atoms with E-state index in [1.807, 2.05) is 0 Å². The van der Waals surface area contributed by atoms with Gasteiger partial charge in [0.2, 0.25) is 0 Å². The van der Waals surface area contributed by atoms with Gasteiger partial charge < -0.3 is 14.8 Å². The van der Waals surface area contributed by atoms with Crippen LogP contribution in [0.5, 0.6) is 5.75 Å². The van der Waals surface area contributed by atoms with Gasteiger partial charge in [0, 0.05) is 0 Å². The lowest BCUT2D eigenvalue weighted by Crippen LogP contribution is -2.28. The molecule has 0 saturated carbocycles. The summed E-state index contributed by atoms with van der Waals surface area (Å²) in [5, 5.41) is 3.00. The minimum absolute atomic E-state index is 0.335. The zero-order valence-electron chi connectivity index (χ0n) is 14.5. The molecule has 8 heteroatoms. The highest BCUT2D eigenvalue weighted by Gasteiger charge is 2.12. The van der Waals surface area contributed by atoms with Crippen molar-refractivity contribution in [3.63, 3.8) is 0 Å². The maximum Gasteiger partial charge on any atom is 0.326 e. The van der Waals surface area contributed by atoms with Crippen molar-refractivity contribution in [2.24, 2.45) is 0 Å². The molecular weight excluding hydrogens is 350 g/mol. The summed E-state index contributed by atoms with van der Waals surface area (Å²) in [6, 6.07) is 13.7. The first-order chi connectivity index (χ1) is 13.1. The summed E-state index contributed by atoms with van der Waals surface area (Å²) in [5.74, 6) is -0.743. The number of anilines is 1. The minimum atomic E-state index is -0.718. The van der Waals surface area contributed by atoms with Crippen molar-refractivity contribution in [3.05, 3.63) is 65.2 Å². The van der Waals surface area contributed by atoms with Gasteiger partial charge in [-0.05, 0) is 24.3 Å². The normalized spacial score (nSPS) is 10.4. The van der Waals surface area contributed by atoms with Crippen LogP contribution in [-0.4, -0.2) is 35.1 Å². The van der Waals surface area contributed by atoms with Gasteiger partial charge in [-0.15, -0.1) is 0 Å². The number of methoxy groups -OCH3 is 1. The number of ether oxygens (including phenoxy) is 2. The highest BCUT2D eigenvalue weighted by atomic mass is 16.5. The molecule has 8 nitrogen and oxygen atoms in total. The molecule has 0 aliphatic carbocycles. The second-order valence-electron chi connectivity index (χ2n) is 5.60. The van der Waals surface area contributed by atoms with Crippen LogP contribution in [0.4, 0.5) is 5.69 Å². The number of esters is 1. The van der Waals surface area contributed by atoms with Crippen molar-refractivity contribution in [1.29, 1.82) is 0 Å². The fraction of sp³-hybridized carbons (Fsp3) is 0.158. The van der Waals surface area contributed by atoms with E-state index < -0.39 is 18.5 Å². The first-order valence-electron chi connectivity index (χ1n) is 8.11. The number of nitrogens with zero attached hydrogens (tertiary/aromatic N) is 2. The maximum absolute atomic E-state index is 12.3. The van der Waals surface area contributed by atoms with E-state index in [0.717, 1.165) is 4.57 Å². The predicted octanol–water partition coefficient (Wildman–Crippen LogP) is 1.59. The highest BCUT2D eigenvalue weighted by Crippen LogP contribution is 2.22. The van der Waals surface area contributed by atoms with Crippen molar-refractivity contribution < 1.29 is 19.1 Å². The number of carbonyl (C=O) groups excluding carboxylic acids is 2. The zero-order chi connectivity index (χ0) is 19.2. The van der Waals surface area contributed by atoms with Gasteiger partial charge in [-0.1, -0.05) is 24.3 Å². The van der Waals surface area contributed by atoms with E-state index in [0.29, 0.717) is 22.3 Å². The van der Waals surface area contributed by atoms with Gasteiger partial charge in [0.1, 0.15) is 12.3 Å². The zero-order valence-corrected chi connectivity index (χ0v) is 14.5. The third-order valence-electron chi connectivity index (χ3n) is 3.78. The second kappa shape index (κ2) is 8.13. The van der Waals surface area contributed by atoms with E-state index in [-0.39, 0.29) is 12.1 Å². The molecule has 3 rings (SSSR count). The Balaban J connectivity index is 1.59. The maximum atomic E-state index is 12.3. The molecule has 0 fully saturated rings. The summed E-state index contributed by atoms with van der Waals surface area (Å²) in [4.78, 5) is 40.4. The summed E-state index contributed by atoms with van der Waals surface area (Å²) in [6.45, 7) is -0.814. The molecule has 0 radical (unpaired) electrons. The fourth-order valence-corrected chi connectivity index (χ4v) is 2.48. The molecular formula is C19H17N3O5. The molecule has 27 heavy (non-hydrogen) atoms. The van der Waals surface area contributed by atoms with Gasteiger partial charge in [-0.25, -0.2) is 4.98 Å². The molecule has 1 N–H and O–H groups in total. The van der Waals surface area contributed by atoms with Gasteiger partial charge in [-0.3, -0.25) is 19.0 Å². The standard InChI is InChI=1S/C19H17N3O5/c1-26-16-9-5-4-8-15(16)21-17(23)11-27-18(24)10-22-12-20-14-7-3-2-6-13(14)19(22)25/h2-9,12H,10-11H2,1H3,(H,21,23). The number of amides is 1. The van der Waals surface area contributed by atoms with E-state index in [9.17, 15) is 14.4 Å². The molecule has 0 bridgehead atoms. The van der Waals surface area contributed by atoms with Crippen molar-refractivity contribution in [2.45, 2.75) is 6.54 Å². The number of nitrogens with one attached hydrogen (secondary N) is 1. The highest BCUT2D eigenvalue weighted by molar-refractivity contribution is 5.94. The summed E-state index contributed by atoms with van der Waals surface area (Å²) < 4.78 is 11.2. The smallest absolute Gasteiger partial charge is 0.326 e. The number of benzene rings is 2. The lowest BCUT2D eigenvalue weighted by atomic mass is 10.2. The molecule has 0 atom stereocenters. The van der Waals surface area contributed by atoms with E-state index in [4.69, 9.17) is 9.47 Å².